The average Bonchev–Trinajstić information content (AvgIpc) is 2.73. The van der Waals surface area contributed by atoms with Gasteiger partial charge in [0.05, 0.1) is 17.2 Å². The quantitative estimate of drug-likeness (QED) is 0.459. The highest BCUT2D eigenvalue weighted by Gasteiger charge is 2.20. The first-order valence-electron chi connectivity index (χ1n) is 10.2. The summed E-state index contributed by atoms with van der Waals surface area (Å²) in [5.74, 6) is 0.300. The van der Waals surface area contributed by atoms with Gasteiger partial charge in [-0.1, -0.05) is 29.8 Å². The number of aliphatic carboxylic acids is 1. The molecular formula is C24H26ClNO5. The summed E-state index contributed by atoms with van der Waals surface area (Å²) in [4.78, 5) is 16.0. The lowest BCUT2D eigenvalue weighted by Gasteiger charge is -2.19. The number of hydrogen-bond acceptors (Lipinski definition) is 5. The van der Waals surface area contributed by atoms with E-state index in [0.29, 0.717) is 23.1 Å². The number of fused-ring (bicyclic) bond motifs is 1. The van der Waals surface area contributed by atoms with Gasteiger partial charge in [-0.05, 0) is 50.6 Å². The number of ether oxygens (including phenoxy) is 3. The largest absolute Gasteiger partial charge is 0.490 e. The van der Waals surface area contributed by atoms with Crippen molar-refractivity contribution in [2.45, 2.75) is 46.0 Å². The average molecular weight is 444 g/mol. The number of carbonyl (C=O) groups is 1. The van der Waals surface area contributed by atoms with Gasteiger partial charge in [0.2, 0.25) is 0 Å². The number of halogens is 1. The van der Waals surface area contributed by atoms with Crippen molar-refractivity contribution in [3.8, 4) is 11.5 Å². The summed E-state index contributed by atoms with van der Waals surface area (Å²) < 4.78 is 17.5. The van der Waals surface area contributed by atoms with Gasteiger partial charge in [-0.25, -0.2) is 4.79 Å². The van der Waals surface area contributed by atoms with Crippen molar-refractivity contribution >= 4 is 28.5 Å². The molecule has 1 N–H and O–H groups in total. The number of pyridine rings is 1. The van der Waals surface area contributed by atoms with Gasteiger partial charge in [0.25, 0.3) is 0 Å². The topological polar surface area (TPSA) is 77.9 Å². The molecule has 0 saturated heterocycles. The molecule has 0 aliphatic carbocycles. The summed E-state index contributed by atoms with van der Waals surface area (Å²) in [5.41, 5.74) is 2.29. The summed E-state index contributed by atoms with van der Waals surface area (Å²) >= 11 is 6.10. The van der Waals surface area contributed by atoms with Crippen LogP contribution in [-0.2, 0) is 22.6 Å². The molecule has 0 amide bonds. The standard InChI is InChI=1S/C24H26ClNO5/c1-4-29-22(24(27)28)11-16-7-5-6-8-21(16)30-14-17-13-26-20-12-18(25)9-10-19(20)23(17)31-15(2)3/h5-10,12-13,15,22H,4,11,14H2,1-3H3,(H,27,28). The number of carboxylic acid groups (broad SMARTS) is 1. The summed E-state index contributed by atoms with van der Waals surface area (Å²) in [6.45, 7) is 6.23. The van der Waals surface area contributed by atoms with Crippen molar-refractivity contribution in [3.63, 3.8) is 0 Å². The van der Waals surface area contributed by atoms with E-state index in [2.05, 4.69) is 4.98 Å². The second-order valence-electron chi connectivity index (χ2n) is 7.32. The predicted molar refractivity (Wildman–Crippen MR) is 120 cm³/mol. The van der Waals surface area contributed by atoms with Gasteiger partial charge in [-0.15, -0.1) is 0 Å². The third-order valence-corrected chi connectivity index (χ3v) is 4.85. The summed E-state index contributed by atoms with van der Waals surface area (Å²) in [5, 5.41) is 10.9. The molecule has 1 heterocycles. The van der Waals surface area contributed by atoms with Gasteiger partial charge in [-0.3, -0.25) is 4.98 Å². The summed E-state index contributed by atoms with van der Waals surface area (Å²) in [6, 6.07) is 12.8. The van der Waals surface area contributed by atoms with Gasteiger partial charge >= 0.3 is 5.97 Å². The Labute approximate surface area is 186 Å². The molecular weight excluding hydrogens is 418 g/mol. The maximum Gasteiger partial charge on any atom is 0.333 e. The zero-order valence-electron chi connectivity index (χ0n) is 17.8. The first-order chi connectivity index (χ1) is 14.9. The van der Waals surface area contributed by atoms with Crippen LogP contribution in [0.3, 0.4) is 0 Å². The molecule has 31 heavy (non-hydrogen) atoms. The van der Waals surface area contributed by atoms with Crippen LogP contribution in [0.5, 0.6) is 11.5 Å². The lowest BCUT2D eigenvalue weighted by Crippen LogP contribution is -2.26. The number of nitrogens with zero attached hydrogens (tertiary/aromatic N) is 1. The minimum absolute atomic E-state index is 0.0326. The predicted octanol–water partition coefficient (Wildman–Crippen LogP) is 5.29. The number of rotatable bonds is 10. The van der Waals surface area contributed by atoms with E-state index in [0.717, 1.165) is 22.0 Å². The lowest BCUT2D eigenvalue weighted by molar-refractivity contribution is -0.149. The third kappa shape index (κ3) is 5.87. The molecule has 0 fully saturated rings. The van der Waals surface area contributed by atoms with E-state index in [1.807, 2.05) is 44.2 Å². The Morgan fingerprint density at radius 1 is 1.16 bits per heavy atom. The molecule has 164 valence electrons. The molecule has 1 aromatic heterocycles. The van der Waals surface area contributed by atoms with Gasteiger partial charge in [0, 0.05) is 29.6 Å². The van der Waals surface area contributed by atoms with Crippen LogP contribution in [0.25, 0.3) is 10.9 Å². The van der Waals surface area contributed by atoms with Crippen LogP contribution < -0.4 is 9.47 Å². The molecule has 7 heteroatoms. The lowest BCUT2D eigenvalue weighted by atomic mass is 10.1. The fourth-order valence-electron chi connectivity index (χ4n) is 3.25. The van der Waals surface area contributed by atoms with Gasteiger partial charge in [-0.2, -0.15) is 0 Å². The highest BCUT2D eigenvalue weighted by atomic mass is 35.5. The van der Waals surface area contributed by atoms with Crippen LogP contribution in [0.1, 0.15) is 31.9 Å². The third-order valence-electron chi connectivity index (χ3n) is 4.61. The van der Waals surface area contributed by atoms with Gasteiger partial charge < -0.3 is 19.3 Å². The van der Waals surface area contributed by atoms with Crippen LogP contribution in [0.4, 0.5) is 0 Å². The van der Waals surface area contributed by atoms with E-state index >= 15 is 0 Å². The normalized spacial score (nSPS) is 12.2. The first kappa shape index (κ1) is 22.8. The number of aromatic nitrogens is 1. The second kappa shape index (κ2) is 10.5. The molecule has 3 rings (SSSR count). The molecule has 0 saturated carbocycles. The molecule has 1 unspecified atom stereocenters. The maximum atomic E-state index is 11.5. The van der Waals surface area contributed by atoms with Crippen LogP contribution >= 0.6 is 11.6 Å². The zero-order chi connectivity index (χ0) is 22.4. The molecule has 0 aliphatic rings. The molecule has 6 nitrogen and oxygen atoms in total. The summed E-state index contributed by atoms with van der Waals surface area (Å²) in [7, 11) is 0. The van der Waals surface area contributed by atoms with E-state index < -0.39 is 12.1 Å². The smallest absolute Gasteiger partial charge is 0.333 e. The SMILES string of the molecule is CCOC(Cc1ccccc1OCc1cnc2cc(Cl)ccc2c1OC(C)C)C(=O)O. The highest BCUT2D eigenvalue weighted by molar-refractivity contribution is 6.31. The Bertz CT molecular complexity index is 1050. The molecule has 0 spiro atoms. The fraction of sp³-hybridized carbons (Fsp3) is 0.333. The molecule has 1 atom stereocenters. The van der Waals surface area contributed by atoms with Crippen molar-refractivity contribution < 1.29 is 24.1 Å². The van der Waals surface area contributed by atoms with Gasteiger partial charge in [0.15, 0.2) is 6.10 Å². The van der Waals surface area contributed by atoms with Crippen molar-refractivity contribution in [2.75, 3.05) is 6.61 Å². The zero-order valence-corrected chi connectivity index (χ0v) is 18.6. The minimum Gasteiger partial charge on any atom is -0.490 e. The van der Waals surface area contributed by atoms with E-state index in [1.165, 1.54) is 0 Å². The molecule has 2 aromatic carbocycles. The Morgan fingerprint density at radius 2 is 1.94 bits per heavy atom. The van der Waals surface area contributed by atoms with E-state index in [9.17, 15) is 9.90 Å². The second-order valence-corrected chi connectivity index (χ2v) is 7.76. The molecule has 0 bridgehead atoms. The fourth-order valence-corrected chi connectivity index (χ4v) is 3.41. The Morgan fingerprint density at radius 3 is 2.65 bits per heavy atom. The van der Waals surface area contributed by atoms with Gasteiger partial charge in [0.1, 0.15) is 18.1 Å². The van der Waals surface area contributed by atoms with Crippen LogP contribution in [-0.4, -0.2) is 34.9 Å². The number of hydrogen-bond donors (Lipinski definition) is 1. The van der Waals surface area contributed by atoms with E-state index in [-0.39, 0.29) is 19.1 Å². The highest BCUT2D eigenvalue weighted by Crippen LogP contribution is 2.32. The minimum atomic E-state index is -0.998. The Hall–Kier alpha value is -2.83. The maximum absolute atomic E-state index is 11.5. The van der Waals surface area contributed by atoms with Crippen LogP contribution in [0.15, 0.2) is 48.7 Å². The molecule has 3 aromatic rings. The molecule has 0 aliphatic heterocycles. The van der Waals surface area contributed by atoms with Crippen LogP contribution in [0, 0.1) is 0 Å². The Kier molecular flexibility index (Phi) is 7.71. The first-order valence-corrected chi connectivity index (χ1v) is 10.6. The van der Waals surface area contributed by atoms with Crippen molar-refractivity contribution in [1.82, 2.24) is 4.98 Å². The molecule has 0 radical (unpaired) electrons. The monoisotopic (exact) mass is 443 g/mol. The number of carboxylic acids is 1. The number of benzene rings is 2. The van der Waals surface area contributed by atoms with Crippen molar-refractivity contribution in [2.24, 2.45) is 0 Å². The van der Waals surface area contributed by atoms with E-state index in [4.69, 9.17) is 25.8 Å². The summed E-state index contributed by atoms with van der Waals surface area (Å²) in [6.07, 6.45) is 0.971. The Balaban J connectivity index is 1.87. The van der Waals surface area contributed by atoms with E-state index in [1.54, 1.807) is 25.3 Å². The van der Waals surface area contributed by atoms with Crippen LogP contribution in [0.2, 0.25) is 5.02 Å². The number of para-hydroxylation sites is 1. The van der Waals surface area contributed by atoms with Crippen molar-refractivity contribution in [1.29, 1.82) is 0 Å². The van der Waals surface area contributed by atoms with Crippen molar-refractivity contribution in [3.05, 3.63) is 64.8 Å².